The summed E-state index contributed by atoms with van der Waals surface area (Å²) in [6.07, 6.45) is 4.78. The first-order chi connectivity index (χ1) is 11.3. The van der Waals surface area contributed by atoms with E-state index in [2.05, 4.69) is 13.0 Å². The van der Waals surface area contributed by atoms with Gasteiger partial charge in [-0.15, -0.1) is 0 Å². The van der Waals surface area contributed by atoms with Gasteiger partial charge in [0.05, 0.1) is 24.8 Å². The lowest BCUT2D eigenvalue weighted by Crippen LogP contribution is -2.00. The van der Waals surface area contributed by atoms with Gasteiger partial charge in [-0.3, -0.25) is 0 Å². The van der Waals surface area contributed by atoms with Crippen LogP contribution in [0.1, 0.15) is 32.6 Å². The van der Waals surface area contributed by atoms with Crippen molar-refractivity contribution in [2.45, 2.75) is 32.6 Å². The van der Waals surface area contributed by atoms with Crippen molar-refractivity contribution in [3.05, 3.63) is 42.5 Å². The first-order valence-electron chi connectivity index (χ1n) is 8.32. The summed E-state index contributed by atoms with van der Waals surface area (Å²) in [5, 5.41) is 2.07. The van der Waals surface area contributed by atoms with E-state index in [1.54, 1.807) is 7.11 Å². The molecular formula is C20H23NO2. The van der Waals surface area contributed by atoms with Crippen molar-refractivity contribution < 1.29 is 9.47 Å². The lowest BCUT2D eigenvalue weighted by Gasteiger charge is -2.13. The standard InChI is InChI=1S/C20H23NO2/c1-3-4-5-8-13-23-20-16-9-6-7-10-18(16)21-19-12-11-15(22-2)14-17(19)20/h6-7,9-12,14H,3-5,8,13H2,1-2H3. The van der Waals surface area contributed by atoms with E-state index in [0.717, 1.165) is 46.3 Å². The van der Waals surface area contributed by atoms with Gasteiger partial charge >= 0.3 is 0 Å². The molecular weight excluding hydrogens is 286 g/mol. The molecule has 3 nitrogen and oxygen atoms in total. The Bertz CT molecular complexity index is 798. The number of aromatic nitrogens is 1. The molecule has 0 fully saturated rings. The number of fused-ring (bicyclic) bond motifs is 2. The Kier molecular flexibility index (Phi) is 4.96. The highest BCUT2D eigenvalue weighted by Gasteiger charge is 2.11. The van der Waals surface area contributed by atoms with Crippen LogP contribution >= 0.6 is 0 Å². The first-order valence-corrected chi connectivity index (χ1v) is 8.32. The van der Waals surface area contributed by atoms with Gasteiger partial charge in [0.1, 0.15) is 11.5 Å². The summed E-state index contributed by atoms with van der Waals surface area (Å²) >= 11 is 0. The van der Waals surface area contributed by atoms with Gasteiger partial charge in [-0.2, -0.15) is 0 Å². The molecule has 0 atom stereocenters. The molecule has 3 heteroatoms. The van der Waals surface area contributed by atoms with Crippen molar-refractivity contribution in [3.8, 4) is 11.5 Å². The van der Waals surface area contributed by atoms with Crippen LogP contribution in [0.4, 0.5) is 0 Å². The number of hydrogen-bond acceptors (Lipinski definition) is 3. The Morgan fingerprint density at radius 1 is 0.913 bits per heavy atom. The fourth-order valence-corrected chi connectivity index (χ4v) is 2.82. The number of methoxy groups -OCH3 is 1. The monoisotopic (exact) mass is 309 g/mol. The van der Waals surface area contributed by atoms with Crippen LogP contribution in [0, 0.1) is 0 Å². The number of para-hydroxylation sites is 1. The lowest BCUT2D eigenvalue weighted by atomic mass is 10.1. The molecule has 1 heterocycles. The minimum Gasteiger partial charge on any atom is -0.497 e. The number of unbranched alkanes of at least 4 members (excludes halogenated alkanes) is 3. The summed E-state index contributed by atoms with van der Waals surface area (Å²) in [7, 11) is 1.68. The van der Waals surface area contributed by atoms with E-state index in [9.17, 15) is 0 Å². The molecule has 120 valence electrons. The summed E-state index contributed by atoms with van der Waals surface area (Å²) in [5.74, 6) is 1.74. The maximum atomic E-state index is 6.18. The van der Waals surface area contributed by atoms with Gasteiger partial charge in [0.25, 0.3) is 0 Å². The fourth-order valence-electron chi connectivity index (χ4n) is 2.82. The molecule has 0 amide bonds. The van der Waals surface area contributed by atoms with Crippen molar-refractivity contribution in [3.63, 3.8) is 0 Å². The van der Waals surface area contributed by atoms with E-state index in [1.807, 2.05) is 36.4 Å². The van der Waals surface area contributed by atoms with Gasteiger partial charge in [0.15, 0.2) is 0 Å². The zero-order valence-electron chi connectivity index (χ0n) is 13.8. The van der Waals surface area contributed by atoms with Gasteiger partial charge in [0, 0.05) is 10.8 Å². The zero-order valence-corrected chi connectivity index (χ0v) is 13.8. The van der Waals surface area contributed by atoms with E-state index in [0.29, 0.717) is 0 Å². The van der Waals surface area contributed by atoms with Gasteiger partial charge in [-0.1, -0.05) is 38.3 Å². The van der Waals surface area contributed by atoms with Crippen molar-refractivity contribution in [1.29, 1.82) is 0 Å². The van der Waals surface area contributed by atoms with Gasteiger partial charge in [0.2, 0.25) is 0 Å². The molecule has 0 saturated heterocycles. The fraction of sp³-hybridized carbons (Fsp3) is 0.350. The van der Waals surface area contributed by atoms with E-state index in [1.165, 1.54) is 19.3 Å². The number of rotatable bonds is 7. The molecule has 3 aromatic rings. The highest BCUT2D eigenvalue weighted by molar-refractivity contribution is 6.01. The van der Waals surface area contributed by atoms with Gasteiger partial charge in [-0.25, -0.2) is 4.98 Å². The average Bonchev–Trinajstić information content (AvgIpc) is 2.60. The maximum Gasteiger partial charge on any atom is 0.138 e. The SMILES string of the molecule is CCCCCCOc1c2ccccc2nc2ccc(OC)cc12. The molecule has 1 aromatic heterocycles. The largest absolute Gasteiger partial charge is 0.497 e. The van der Waals surface area contributed by atoms with Crippen molar-refractivity contribution in [2.75, 3.05) is 13.7 Å². The molecule has 0 aliphatic rings. The molecule has 0 spiro atoms. The second kappa shape index (κ2) is 7.32. The van der Waals surface area contributed by atoms with Crippen LogP contribution in [-0.4, -0.2) is 18.7 Å². The molecule has 0 saturated carbocycles. The summed E-state index contributed by atoms with van der Waals surface area (Å²) in [6.45, 7) is 2.96. The predicted molar refractivity (Wildman–Crippen MR) is 95.4 cm³/mol. The summed E-state index contributed by atoms with van der Waals surface area (Å²) in [6, 6.07) is 14.1. The van der Waals surface area contributed by atoms with Crippen molar-refractivity contribution >= 4 is 21.8 Å². The second-order valence-electron chi connectivity index (χ2n) is 5.75. The number of benzene rings is 2. The molecule has 0 aliphatic carbocycles. The Labute approximate surface area is 137 Å². The molecule has 0 N–H and O–H groups in total. The Balaban J connectivity index is 2.01. The minimum absolute atomic E-state index is 0.736. The smallest absolute Gasteiger partial charge is 0.138 e. The Morgan fingerprint density at radius 3 is 2.57 bits per heavy atom. The topological polar surface area (TPSA) is 31.4 Å². The Morgan fingerprint density at radius 2 is 1.74 bits per heavy atom. The van der Waals surface area contributed by atoms with Crippen LogP contribution in [0.2, 0.25) is 0 Å². The molecule has 23 heavy (non-hydrogen) atoms. The van der Waals surface area contributed by atoms with Crippen LogP contribution in [-0.2, 0) is 0 Å². The quantitative estimate of drug-likeness (QED) is 0.435. The normalized spacial score (nSPS) is 11.0. The highest BCUT2D eigenvalue weighted by atomic mass is 16.5. The molecule has 3 rings (SSSR count). The predicted octanol–water partition coefficient (Wildman–Crippen LogP) is 5.36. The Hall–Kier alpha value is -2.29. The third-order valence-electron chi connectivity index (χ3n) is 4.08. The third kappa shape index (κ3) is 3.39. The number of hydrogen-bond donors (Lipinski definition) is 0. The van der Waals surface area contributed by atoms with Crippen molar-refractivity contribution in [1.82, 2.24) is 4.98 Å². The van der Waals surface area contributed by atoms with Crippen molar-refractivity contribution in [2.24, 2.45) is 0 Å². The molecule has 0 unspecified atom stereocenters. The summed E-state index contributed by atoms with van der Waals surface area (Å²) in [5.41, 5.74) is 1.90. The lowest BCUT2D eigenvalue weighted by molar-refractivity contribution is 0.311. The first kappa shape index (κ1) is 15.6. The van der Waals surface area contributed by atoms with Crippen LogP contribution in [0.15, 0.2) is 42.5 Å². The van der Waals surface area contributed by atoms with Gasteiger partial charge in [-0.05, 0) is 36.8 Å². The van der Waals surface area contributed by atoms with E-state index < -0.39 is 0 Å². The molecule has 0 bridgehead atoms. The number of nitrogens with zero attached hydrogens (tertiary/aromatic N) is 1. The minimum atomic E-state index is 0.736. The van der Waals surface area contributed by atoms with E-state index in [-0.39, 0.29) is 0 Å². The number of pyridine rings is 1. The molecule has 2 aromatic carbocycles. The maximum absolute atomic E-state index is 6.18. The van der Waals surface area contributed by atoms with E-state index >= 15 is 0 Å². The summed E-state index contributed by atoms with van der Waals surface area (Å²) in [4.78, 5) is 4.74. The molecule has 0 aliphatic heterocycles. The number of ether oxygens (including phenoxy) is 2. The van der Waals surface area contributed by atoms with Crippen LogP contribution < -0.4 is 9.47 Å². The van der Waals surface area contributed by atoms with Crippen LogP contribution in [0.5, 0.6) is 11.5 Å². The second-order valence-corrected chi connectivity index (χ2v) is 5.75. The van der Waals surface area contributed by atoms with E-state index in [4.69, 9.17) is 14.5 Å². The third-order valence-corrected chi connectivity index (χ3v) is 4.08. The summed E-state index contributed by atoms with van der Waals surface area (Å²) < 4.78 is 11.5. The average molecular weight is 309 g/mol. The zero-order chi connectivity index (χ0) is 16.1. The van der Waals surface area contributed by atoms with Crippen LogP contribution in [0.3, 0.4) is 0 Å². The highest BCUT2D eigenvalue weighted by Crippen LogP contribution is 2.35. The van der Waals surface area contributed by atoms with Crippen LogP contribution in [0.25, 0.3) is 21.8 Å². The molecule has 0 radical (unpaired) electrons. The van der Waals surface area contributed by atoms with Gasteiger partial charge < -0.3 is 9.47 Å².